The highest BCUT2D eigenvalue weighted by Gasteiger charge is 2.10. The fraction of sp³-hybridized carbons (Fsp3) is 0.105. The maximum absolute atomic E-state index is 12.0. The molecule has 1 aliphatic rings. The smallest absolute Gasteiger partial charge is 0.255 e. The number of allylic oxidation sites excluding steroid dienone is 3. The van der Waals surface area contributed by atoms with Crippen molar-refractivity contribution in [2.45, 2.75) is 13.8 Å². The lowest BCUT2D eigenvalue weighted by atomic mass is 10.1. The molecule has 2 aromatic rings. The number of benzene rings is 1. The molecule has 1 aliphatic heterocycles. The Morgan fingerprint density at radius 2 is 1.59 bits per heavy atom. The fourth-order valence-electron chi connectivity index (χ4n) is 2.45. The van der Waals surface area contributed by atoms with Crippen molar-refractivity contribution in [3.8, 4) is 5.69 Å². The van der Waals surface area contributed by atoms with Gasteiger partial charge in [-0.05, 0) is 55.3 Å². The van der Waals surface area contributed by atoms with Gasteiger partial charge in [0, 0.05) is 35.5 Å². The molecular formula is C19H18N2O. The third-order valence-corrected chi connectivity index (χ3v) is 3.65. The molecule has 0 unspecified atom stereocenters. The summed E-state index contributed by atoms with van der Waals surface area (Å²) in [5.74, 6) is 0. The summed E-state index contributed by atoms with van der Waals surface area (Å²) in [6.45, 7) is 8.08. The van der Waals surface area contributed by atoms with Crippen molar-refractivity contribution in [2.75, 3.05) is 4.90 Å². The number of rotatable bonds is 2. The van der Waals surface area contributed by atoms with Crippen LogP contribution in [0, 0.1) is 6.92 Å². The monoisotopic (exact) mass is 290 g/mol. The zero-order chi connectivity index (χ0) is 15.7. The number of hydrogen-bond donors (Lipinski definition) is 0. The minimum atomic E-state index is -0.0283. The first-order valence-corrected chi connectivity index (χ1v) is 7.19. The Labute approximate surface area is 130 Å². The highest BCUT2D eigenvalue weighted by Crippen LogP contribution is 2.25. The molecule has 0 saturated heterocycles. The van der Waals surface area contributed by atoms with Crippen molar-refractivity contribution >= 4 is 5.69 Å². The summed E-state index contributed by atoms with van der Waals surface area (Å²) in [6, 6.07) is 11.3. The summed E-state index contributed by atoms with van der Waals surface area (Å²) in [5.41, 5.74) is 5.00. The highest BCUT2D eigenvalue weighted by atomic mass is 16.1. The fourth-order valence-corrected chi connectivity index (χ4v) is 2.45. The van der Waals surface area contributed by atoms with E-state index in [9.17, 15) is 4.79 Å². The number of aromatic nitrogens is 1. The second-order valence-corrected chi connectivity index (χ2v) is 5.50. The van der Waals surface area contributed by atoms with Gasteiger partial charge in [-0.1, -0.05) is 18.7 Å². The van der Waals surface area contributed by atoms with Crippen LogP contribution in [-0.4, -0.2) is 4.57 Å². The lowest BCUT2D eigenvalue weighted by molar-refractivity contribution is 0.975. The summed E-state index contributed by atoms with van der Waals surface area (Å²) in [4.78, 5) is 14.0. The van der Waals surface area contributed by atoms with E-state index in [-0.39, 0.29) is 5.56 Å². The Hall–Kier alpha value is -2.81. The maximum Gasteiger partial charge on any atom is 0.255 e. The minimum absolute atomic E-state index is 0.0283. The number of aryl methyl sites for hydroxylation is 1. The third-order valence-electron chi connectivity index (χ3n) is 3.65. The Kier molecular flexibility index (Phi) is 3.55. The zero-order valence-corrected chi connectivity index (χ0v) is 12.8. The van der Waals surface area contributed by atoms with E-state index < -0.39 is 0 Å². The molecule has 0 aliphatic carbocycles. The highest BCUT2D eigenvalue weighted by molar-refractivity contribution is 5.61. The first kappa shape index (κ1) is 14.1. The first-order chi connectivity index (χ1) is 10.5. The average molecular weight is 290 g/mol. The molecule has 110 valence electrons. The van der Waals surface area contributed by atoms with Crippen molar-refractivity contribution in [1.82, 2.24) is 4.57 Å². The van der Waals surface area contributed by atoms with Gasteiger partial charge < -0.3 is 4.90 Å². The number of nitrogens with zero attached hydrogens (tertiary/aromatic N) is 2. The van der Waals surface area contributed by atoms with Crippen LogP contribution in [0.25, 0.3) is 5.69 Å². The Balaban J connectivity index is 1.97. The van der Waals surface area contributed by atoms with Gasteiger partial charge in [0.05, 0.1) is 0 Å². The van der Waals surface area contributed by atoms with E-state index in [1.165, 1.54) is 5.57 Å². The molecule has 2 heterocycles. The average Bonchev–Trinajstić information content (AvgIpc) is 2.52. The van der Waals surface area contributed by atoms with Crippen molar-refractivity contribution in [3.05, 3.63) is 94.7 Å². The predicted molar refractivity (Wildman–Crippen MR) is 91.3 cm³/mol. The Morgan fingerprint density at radius 3 is 2.32 bits per heavy atom. The van der Waals surface area contributed by atoms with Crippen LogP contribution >= 0.6 is 0 Å². The largest absolute Gasteiger partial charge is 0.318 e. The molecule has 0 atom stereocenters. The van der Waals surface area contributed by atoms with Crippen LogP contribution in [0.2, 0.25) is 0 Å². The van der Waals surface area contributed by atoms with E-state index in [0.29, 0.717) is 0 Å². The van der Waals surface area contributed by atoms with Crippen LogP contribution in [0.5, 0.6) is 0 Å². The summed E-state index contributed by atoms with van der Waals surface area (Å²) in [7, 11) is 0. The zero-order valence-electron chi connectivity index (χ0n) is 12.8. The number of anilines is 1. The SMILES string of the molecule is C=C1C=CC(C)=CN1c1ccc(-n2cc(C)ccc2=O)cc1. The van der Waals surface area contributed by atoms with Crippen molar-refractivity contribution in [1.29, 1.82) is 0 Å². The molecule has 0 bridgehead atoms. The van der Waals surface area contributed by atoms with Crippen LogP contribution in [0.15, 0.2) is 83.6 Å². The molecule has 1 aromatic carbocycles. The van der Waals surface area contributed by atoms with E-state index in [1.54, 1.807) is 10.6 Å². The van der Waals surface area contributed by atoms with Crippen LogP contribution < -0.4 is 10.5 Å². The Bertz CT molecular complexity index is 838. The van der Waals surface area contributed by atoms with Gasteiger partial charge >= 0.3 is 0 Å². The summed E-state index contributed by atoms with van der Waals surface area (Å²) < 4.78 is 1.66. The van der Waals surface area contributed by atoms with Crippen molar-refractivity contribution in [2.24, 2.45) is 0 Å². The van der Waals surface area contributed by atoms with Crippen LogP contribution in [-0.2, 0) is 0 Å². The van der Waals surface area contributed by atoms with Gasteiger partial charge in [0.25, 0.3) is 5.56 Å². The van der Waals surface area contributed by atoms with E-state index in [0.717, 1.165) is 22.6 Å². The van der Waals surface area contributed by atoms with Crippen LogP contribution in [0.4, 0.5) is 5.69 Å². The molecule has 3 heteroatoms. The van der Waals surface area contributed by atoms with E-state index in [2.05, 4.69) is 19.7 Å². The topological polar surface area (TPSA) is 25.2 Å². The van der Waals surface area contributed by atoms with E-state index in [1.807, 2.05) is 60.5 Å². The van der Waals surface area contributed by atoms with Gasteiger partial charge in [0.2, 0.25) is 0 Å². The summed E-state index contributed by atoms with van der Waals surface area (Å²) in [6.07, 6.45) is 7.94. The molecule has 0 spiro atoms. The molecule has 0 saturated carbocycles. The standard InChI is InChI=1S/C19H18N2O/c1-14-4-6-16(3)20(12-14)17-7-9-18(10-8-17)21-13-15(2)5-11-19(21)22/h4-13H,3H2,1-2H3. The van der Waals surface area contributed by atoms with Gasteiger partial charge in [-0.3, -0.25) is 9.36 Å². The number of hydrogen-bond acceptors (Lipinski definition) is 2. The second kappa shape index (κ2) is 5.53. The first-order valence-electron chi connectivity index (χ1n) is 7.19. The molecule has 22 heavy (non-hydrogen) atoms. The number of pyridine rings is 1. The van der Waals surface area contributed by atoms with Crippen LogP contribution in [0.3, 0.4) is 0 Å². The van der Waals surface area contributed by atoms with E-state index >= 15 is 0 Å². The minimum Gasteiger partial charge on any atom is -0.318 e. The third kappa shape index (κ3) is 2.66. The van der Waals surface area contributed by atoms with Crippen molar-refractivity contribution < 1.29 is 0 Å². The van der Waals surface area contributed by atoms with Crippen molar-refractivity contribution in [3.63, 3.8) is 0 Å². The molecule has 0 radical (unpaired) electrons. The quantitative estimate of drug-likeness (QED) is 0.837. The van der Waals surface area contributed by atoms with Gasteiger partial charge in [-0.15, -0.1) is 0 Å². The van der Waals surface area contributed by atoms with E-state index in [4.69, 9.17) is 0 Å². The molecule has 0 fully saturated rings. The van der Waals surface area contributed by atoms with Gasteiger partial charge in [0.1, 0.15) is 0 Å². The predicted octanol–water partition coefficient (Wildman–Crippen LogP) is 3.94. The van der Waals surface area contributed by atoms with Crippen LogP contribution in [0.1, 0.15) is 12.5 Å². The van der Waals surface area contributed by atoms with Gasteiger partial charge in [-0.2, -0.15) is 0 Å². The summed E-state index contributed by atoms with van der Waals surface area (Å²) in [5, 5.41) is 0. The molecule has 3 rings (SSSR count). The maximum atomic E-state index is 12.0. The lowest BCUT2D eigenvalue weighted by Gasteiger charge is -2.24. The molecule has 3 nitrogen and oxygen atoms in total. The molecular weight excluding hydrogens is 272 g/mol. The second-order valence-electron chi connectivity index (χ2n) is 5.50. The molecule has 0 N–H and O–H groups in total. The Morgan fingerprint density at radius 1 is 0.909 bits per heavy atom. The molecule has 0 amide bonds. The van der Waals surface area contributed by atoms with Gasteiger partial charge in [-0.25, -0.2) is 0 Å². The lowest BCUT2D eigenvalue weighted by Crippen LogP contribution is -2.18. The summed E-state index contributed by atoms with van der Waals surface area (Å²) >= 11 is 0. The normalized spacial score (nSPS) is 14.2. The molecule has 1 aromatic heterocycles. The van der Waals surface area contributed by atoms with Gasteiger partial charge in [0.15, 0.2) is 0 Å².